The van der Waals surface area contributed by atoms with Crippen LogP contribution in [0.25, 0.3) is 0 Å². The van der Waals surface area contributed by atoms with Gasteiger partial charge in [0.05, 0.1) is 6.67 Å². The third kappa shape index (κ3) is 17.1. The predicted octanol–water partition coefficient (Wildman–Crippen LogP) is 9.26. The Morgan fingerprint density at radius 1 is 0.400 bits per heavy atom. The SMILES string of the molecule is CCCCCCCCCCCCCCCCCN1C=CN(CCCCCCCC)C1. The minimum Gasteiger partial charge on any atom is -0.359 e. The molecular formula is C28H56N2. The van der Waals surface area contributed by atoms with E-state index in [0.29, 0.717) is 0 Å². The van der Waals surface area contributed by atoms with Gasteiger partial charge in [0, 0.05) is 25.5 Å². The van der Waals surface area contributed by atoms with E-state index in [1.807, 2.05) is 0 Å². The predicted molar refractivity (Wildman–Crippen MR) is 136 cm³/mol. The Kier molecular flexibility index (Phi) is 19.7. The molecule has 178 valence electrons. The van der Waals surface area contributed by atoms with Crippen molar-refractivity contribution in [2.24, 2.45) is 0 Å². The molecule has 0 fully saturated rings. The molecule has 2 nitrogen and oxygen atoms in total. The summed E-state index contributed by atoms with van der Waals surface area (Å²) in [7, 11) is 0. The smallest absolute Gasteiger partial charge is 0.0893 e. The maximum Gasteiger partial charge on any atom is 0.0893 e. The Morgan fingerprint density at radius 2 is 0.667 bits per heavy atom. The van der Waals surface area contributed by atoms with Crippen molar-refractivity contribution in [1.29, 1.82) is 0 Å². The molecule has 0 spiro atoms. The highest BCUT2D eigenvalue weighted by molar-refractivity contribution is 4.90. The molecular weight excluding hydrogens is 364 g/mol. The molecule has 2 heteroatoms. The molecule has 1 rings (SSSR count). The lowest BCUT2D eigenvalue weighted by atomic mass is 10.0. The summed E-state index contributed by atoms with van der Waals surface area (Å²) in [6.07, 6.45) is 34.8. The third-order valence-corrected chi connectivity index (χ3v) is 6.70. The molecule has 1 aliphatic heterocycles. The van der Waals surface area contributed by atoms with Crippen LogP contribution in [0.3, 0.4) is 0 Å². The zero-order valence-electron chi connectivity index (χ0n) is 21.0. The average molecular weight is 421 g/mol. The van der Waals surface area contributed by atoms with E-state index in [1.165, 1.54) is 148 Å². The fourth-order valence-corrected chi connectivity index (χ4v) is 4.59. The van der Waals surface area contributed by atoms with Crippen LogP contribution in [-0.4, -0.2) is 29.6 Å². The normalized spacial score (nSPS) is 13.7. The first-order valence-electron chi connectivity index (χ1n) is 14.0. The van der Waals surface area contributed by atoms with Crippen LogP contribution in [0, 0.1) is 0 Å². The maximum atomic E-state index is 2.51. The van der Waals surface area contributed by atoms with E-state index < -0.39 is 0 Å². The number of nitrogens with zero attached hydrogens (tertiary/aromatic N) is 2. The molecule has 0 N–H and O–H groups in total. The van der Waals surface area contributed by atoms with Crippen molar-refractivity contribution in [3.05, 3.63) is 12.4 Å². The molecule has 0 saturated heterocycles. The van der Waals surface area contributed by atoms with Crippen LogP contribution in [-0.2, 0) is 0 Å². The van der Waals surface area contributed by atoms with Gasteiger partial charge in [-0.15, -0.1) is 0 Å². The van der Waals surface area contributed by atoms with Gasteiger partial charge in [0.2, 0.25) is 0 Å². The molecule has 0 aliphatic carbocycles. The van der Waals surface area contributed by atoms with Crippen molar-refractivity contribution in [1.82, 2.24) is 9.80 Å². The molecule has 0 bridgehead atoms. The molecule has 0 atom stereocenters. The van der Waals surface area contributed by atoms with E-state index in [4.69, 9.17) is 0 Å². The monoisotopic (exact) mass is 420 g/mol. The third-order valence-electron chi connectivity index (χ3n) is 6.70. The Morgan fingerprint density at radius 3 is 0.967 bits per heavy atom. The second-order valence-electron chi connectivity index (χ2n) is 9.78. The van der Waals surface area contributed by atoms with Crippen LogP contribution >= 0.6 is 0 Å². The van der Waals surface area contributed by atoms with Crippen LogP contribution < -0.4 is 0 Å². The molecule has 0 amide bonds. The first-order chi connectivity index (χ1) is 14.9. The summed E-state index contributed by atoms with van der Waals surface area (Å²) in [6, 6.07) is 0. The first kappa shape index (κ1) is 27.4. The fourth-order valence-electron chi connectivity index (χ4n) is 4.59. The molecule has 0 radical (unpaired) electrons. The van der Waals surface area contributed by atoms with Gasteiger partial charge < -0.3 is 9.80 Å². The zero-order chi connectivity index (χ0) is 21.5. The van der Waals surface area contributed by atoms with E-state index in [2.05, 4.69) is 36.0 Å². The summed E-state index contributed by atoms with van der Waals surface area (Å²) in [5.74, 6) is 0. The highest BCUT2D eigenvalue weighted by atomic mass is 15.3. The summed E-state index contributed by atoms with van der Waals surface area (Å²) in [5.41, 5.74) is 0. The van der Waals surface area contributed by atoms with Crippen molar-refractivity contribution in [2.75, 3.05) is 19.8 Å². The summed E-state index contributed by atoms with van der Waals surface area (Å²) < 4.78 is 0. The molecule has 0 aromatic carbocycles. The Bertz CT molecular complexity index is 366. The Hall–Kier alpha value is -0.660. The Balaban J connectivity index is 1.76. The van der Waals surface area contributed by atoms with E-state index in [0.717, 1.165) is 6.67 Å². The topological polar surface area (TPSA) is 6.48 Å². The molecule has 0 aromatic heterocycles. The molecule has 1 heterocycles. The molecule has 1 aliphatic rings. The van der Waals surface area contributed by atoms with Crippen LogP contribution in [0.2, 0.25) is 0 Å². The standard InChI is InChI=1S/C28H56N2/c1-3-5-7-9-11-12-13-14-15-16-17-18-19-21-23-25-30-27-26-29(28-30)24-22-20-10-8-6-4-2/h26-27H,3-25,28H2,1-2H3. The number of hydrogen-bond donors (Lipinski definition) is 0. The van der Waals surface area contributed by atoms with Crippen molar-refractivity contribution >= 4 is 0 Å². The van der Waals surface area contributed by atoms with Crippen molar-refractivity contribution in [3.63, 3.8) is 0 Å². The van der Waals surface area contributed by atoms with Gasteiger partial charge in [0.1, 0.15) is 0 Å². The molecule has 0 unspecified atom stereocenters. The van der Waals surface area contributed by atoms with Gasteiger partial charge in [-0.3, -0.25) is 0 Å². The quantitative estimate of drug-likeness (QED) is 0.152. The van der Waals surface area contributed by atoms with Crippen LogP contribution in [0.5, 0.6) is 0 Å². The van der Waals surface area contributed by atoms with E-state index in [1.54, 1.807) is 0 Å². The largest absolute Gasteiger partial charge is 0.359 e. The summed E-state index contributed by atoms with van der Waals surface area (Å²) in [5, 5.41) is 0. The molecule has 0 saturated carbocycles. The second-order valence-corrected chi connectivity index (χ2v) is 9.78. The maximum absolute atomic E-state index is 2.51. The van der Waals surface area contributed by atoms with E-state index >= 15 is 0 Å². The first-order valence-corrected chi connectivity index (χ1v) is 14.0. The fraction of sp³-hybridized carbons (Fsp3) is 0.929. The molecule has 30 heavy (non-hydrogen) atoms. The summed E-state index contributed by atoms with van der Waals surface area (Å²) in [6.45, 7) is 8.23. The van der Waals surface area contributed by atoms with Crippen molar-refractivity contribution in [3.8, 4) is 0 Å². The van der Waals surface area contributed by atoms with Gasteiger partial charge in [-0.1, -0.05) is 136 Å². The van der Waals surface area contributed by atoms with E-state index in [9.17, 15) is 0 Å². The number of unbranched alkanes of at least 4 members (excludes halogenated alkanes) is 19. The lowest BCUT2D eigenvalue weighted by Crippen LogP contribution is -2.26. The second kappa shape index (κ2) is 21.6. The average Bonchev–Trinajstić information content (AvgIpc) is 3.21. The van der Waals surface area contributed by atoms with Crippen LogP contribution in [0.1, 0.15) is 149 Å². The summed E-state index contributed by atoms with van der Waals surface area (Å²) >= 11 is 0. The minimum absolute atomic E-state index is 1.13. The van der Waals surface area contributed by atoms with Gasteiger partial charge >= 0.3 is 0 Å². The highest BCUT2D eigenvalue weighted by Crippen LogP contribution is 2.15. The van der Waals surface area contributed by atoms with Crippen LogP contribution in [0.15, 0.2) is 12.4 Å². The van der Waals surface area contributed by atoms with Crippen LogP contribution in [0.4, 0.5) is 0 Å². The number of hydrogen-bond acceptors (Lipinski definition) is 2. The van der Waals surface area contributed by atoms with Crippen molar-refractivity contribution in [2.45, 2.75) is 149 Å². The minimum atomic E-state index is 1.13. The highest BCUT2D eigenvalue weighted by Gasteiger charge is 2.10. The molecule has 0 aromatic rings. The summed E-state index contributed by atoms with van der Waals surface area (Å²) in [4.78, 5) is 5.02. The van der Waals surface area contributed by atoms with Gasteiger partial charge in [0.25, 0.3) is 0 Å². The van der Waals surface area contributed by atoms with Gasteiger partial charge in [-0.25, -0.2) is 0 Å². The van der Waals surface area contributed by atoms with Crippen molar-refractivity contribution < 1.29 is 0 Å². The Labute approximate surface area is 190 Å². The zero-order valence-corrected chi connectivity index (χ0v) is 21.0. The van der Waals surface area contributed by atoms with Gasteiger partial charge in [-0.05, 0) is 12.8 Å². The van der Waals surface area contributed by atoms with Gasteiger partial charge in [-0.2, -0.15) is 0 Å². The number of rotatable bonds is 23. The lowest BCUT2D eigenvalue weighted by Gasteiger charge is -2.21. The lowest BCUT2D eigenvalue weighted by molar-refractivity contribution is 0.257. The van der Waals surface area contributed by atoms with E-state index in [-0.39, 0.29) is 0 Å². The van der Waals surface area contributed by atoms with Gasteiger partial charge in [0.15, 0.2) is 0 Å².